The maximum absolute atomic E-state index is 6.47. The molecular formula is C23H25Cl2N3O. The highest BCUT2D eigenvalue weighted by molar-refractivity contribution is 6.36. The molecule has 1 aromatic carbocycles. The average Bonchev–Trinajstić information content (AvgIpc) is 3.19. The predicted octanol–water partition coefficient (Wildman–Crippen LogP) is 6.90. The SMILES string of the molecule is CCc1nc(-c2ccc(Cl)cc2Cl)c(CC)nc1NC1c2ccoc2CCC1C. The zero-order valence-electron chi connectivity index (χ0n) is 16.9. The molecule has 2 atom stereocenters. The summed E-state index contributed by atoms with van der Waals surface area (Å²) in [5.41, 5.74) is 4.79. The molecule has 1 N–H and O–H groups in total. The van der Waals surface area contributed by atoms with Gasteiger partial charge in [0.1, 0.15) is 11.6 Å². The molecule has 0 aliphatic heterocycles. The van der Waals surface area contributed by atoms with Crippen molar-refractivity contribution in [2.24, 2.45) is 5.92 Å². The van der Waals surface area contributed by atoms with Crippen molar-refractivity contribution in [3.63, 3.8) is 0 Å². The van der Waals surface area contributed by atoms with Crippen molar-refractivity contribution in [3.05, 3.63) is 63.3 Å². The third kappa shape index (κ3) is 3.88. The number of halogens is 2. The molecule has 1 aliphatic rings. The Balaban J connectivity index is 1.76. The van der Waals surface area contributed by atoms with Gasteiger partial charge in [-0.2, -0.15) is 0 Å². The van der Waals surface area contributed by atoms with Crippen LogP contribution in [-0.2, 0) is 19.3 Å². The summed E-state index contributed by atoms with van der Waals surface area (Å²) >= 11 is 12.5. The van der Waals surface area contributed by atoms with Gasteiger partial charge < -0.3 is 9.73 Å². The highest BCUT2D eigenvalue weighted by Gasteiger charge is 2.30. The first-order valence-corrected chi connectivity index (χ1v) is 10.9. The average molecular weight is 430 g/mol. The summed E-state index contributed by atoms with van der Waals surface area (Å²) in [6.45, 7) is 6.46. The van der Waals surface area contributed by atoms with E-state index in [1.165, 1.54) is 5.56 Å². The predicted molar refractivity (Wildman–Crippen MR) is 119 cm³/mol. The maximum Gasteiger partial charge on any atom is 0.148 e. The Hall–Kier alpha value is -2.04. The van der Waals surface area contributed by atoms with Gasteiger partial charge in [0.15, 0.2) is 0 Å². The lowest BCUT2D eigenvalue weighted by molar-refractivity contribution is 0.386. The minimum atomic E-state index is 0.173. The van der Waals surface area contributed by atoms with Crippen LogP contribution in [0.1, 0.15) is 55.9 Å². The van der Waals surface area contributed by atoms with Crippen molar-refractivity contribution < 1.29 is 4.42 Å². The van der Waals surface area contributed by atoms with Crippen LogP contribution < -0.4 is 5.32 Å². The number of rotatable bonds is 5. The van der Waals surface area contributed by atoms with Gasteiger partial charge in [-0.15, -0.1) is 0 Å². The first-order chi connectivity index (χ1) is 14.0. The third-order valence-corrected chi connectivity index (χ3v) is 6.25. The first-order valence-electron chi connectivity index (χ1n) is 10.2. The van der Waals surface area contributed by atoms with E-state index in [0.29, 0.717) is 16.0 Å². The quantitative estimate of drug-likeness (QED) is 0.478. The van der Waals surface area contributed by atoms with Gasteiger partial charge >= 0.3 is 0 Å². The molecule has 0 spiro atoms. The Morgan fingerprint density at radius 1 is 1.10 bits per heavy atom. The van der Waals surface area contributed by atoms with Gasteiger partial charge in [-0.3, -0.25) is 0 Å². The number of anilines is 1. The number of fused-ring (bicyclic) bond motifs is 1. The van der Waals surface area contributed by atoms with Gasteiger partial charge in [0, 0.05) is 22.6 Å². The van der Waals surface area contributed by atoms with Gasteiger partial charge in [0.05, 0.1) is 34.4 Å². The molecule has 1 aliphatic carbocycles. The smallest absolute Gasteiger partial charge is 0.148 e. The number of hydrogen-bond donors (Lipinski definition) is 1. The molecule has 6 heteroatoms. The Labute approximate surface area is 181 Å². The van der Waals surface area contributed by atoms with E-state index in [-0.39, 0.29) is 6.04 Å². The van der Waals surface area contributed by atoms with Crippen LogP contribution >= 0.6 is 23.2 Å². The summed E-state index contributed by atoms with van der Waals surface area (Å²) in [4.78, 5) is 9.97. The van der Waals surface area contributed by atoms with Gasteiger partial charge in [-0.1, -0.05) is 44.0 Å². The summed E-state index contributed by atoms with van der Waals surface area (Å²) in [7, 11) is 0. The molecule has 0 saturated carbocycles. The molecule has 0 saturated heterocycles. The van der Waals surface area contributed by atoms with Crippen LogP contribution in [-0.4, -0.2) is 9.97 Å². The van der Waals surface area contributed by atoms with Crippen LogP contribution in [0.2, 0.25) is 10.0 Å². The molecule has 152 valence electrons. The second kappa shape index (κ2) is 8.37. The Bertz CT molecular complexity index is 1030. The van der Waals surface area contributed by atoms with Crippen molar-refractivity contribution in [1.29, 1.82) is 0 Å². The lowest BCUT2D eigenvalue weighted by Crippen LogP contribution is -2.25. The molecule has 2 unspecified atom stereocenters. The normalized spacial score (nSPS) is 18.5. The Morgan fingerprint density at radius 2 is 1.90 bits per heavy atom. The molecule has 3 aromatic rings. The second-order valence-corrected chi connectivity index (χ2v) is 8.43. The molecule has 29 heavy (non-hydrogen) atoms. The maximum atomic E-state index is 6.47. The number of aryl methyl sites for hydroxylation is 3. The first kappa shape index (κ1) is 20.2. The molecule has 4 rings (SSSR count). The van der Waals surface area contributed by atoms with Gasteiger partial charge in [-0.25, -0.2) is 9.97 Å². The van der Waals surface area contributed by atoms with E-state index in [0.717, 1.165) is 59.9 Å². The van der Waals surface area contributed by atoms with Crippen LogP contribution in [0.15, 0.2) is 34.9 Å². The van der Waals surface area contributed by atoms with Crippen molar-refractivity contribution in [3.8, 4) is 11.3 Å². The van der Waals surface area contributed by atoms with Crippen molar-refractivity contribution >= 4 is 29.0 Å². The van der Waals surface area contributed by atoms with Crippen molar-refractivity contribution in [2.75, 3.05) is 5.32 Å². The van der Waals surface area contributed by atoms with Crippen molar-refractivity contribution in [1.82, 2.24) is 9.97 Å². The van der Waals surface area contributed by atoms with Crippen LogP contribution in [0, 0.1) is 5.92 Å². The fourth-order valence-corrected chi connectivity index (χ4v) is 4.54. The van der Waals surface area contributed by atoms with E-state index in [1.54, 1.807) is 12.3 Å². The molecule has 0 bridgehead atoms. The van der Waals surface area contributed by atoms with E-state index in [2.05, 4.69) is 32.2 Å². The van der Waals surface area contributed by atoms with E-state index in [9.17, 15) is 0 Å². The fraction of sp³-hybridized carbons (Fsp3) is 0.391. The zero-order valence-corrected chi connectivity index (χ0v) is 18.4. The third-order valence-electron chi connectivity index (χ3n) is 5.70. The second-order valence-electron chi connectivity index (χ2n) is 7.58. The summed E-state index contributed by atoms with van der Waals surface area (Å²) in [6.07, 6.45) is 5.40. The van der Waals surface area contributed by atoms with Crippen LogP contribution in [0.4, 0.5) is 5.82 Å². The molecule has 0 radical (unpaired) electrons. The number of furan rings is 1. The number of nitrogens with one attached hydrogen (secondary N) is 1. The van der Waals surface area contributed by atoms with Gasteiger partial charge in [0.2, 0.25) is 0 Å². The van der Waals surface area contributed by atoms with Crippen LogP contribution in [0.25, 0.3) is 11.3 Å². The lowest BCUT2D eigenvalue weighted by Gasteiger charge is -2.30. The van der Waals surface area contributed by atoms with Crippen LogP contribution in [0.3, 0.4) is 0 Å². The molecule has 2 heterocycles. The topological polar surface area (TPSA) is 51.0 Å². The van der Waals surface area contributed by atoms with Gasteiger partial charge in [0.25, 0.3) is 0 Å². The Morgan fingerprint density at radius 3 is 2.62 bits per heavy atom. The van der Waals surface area contributed by atoms with Gasteiger partial charge in [-0.05, 0) is 49.4 Å². The number of aromatic nitrogens is 2. The van der Waals surface area contributed by atoms with Crippen LogP contribution in [0.5, 0.6) is 0 Å². The molecule has 4 nitrogen and oxygen atoms in total. The van der Waals surface area contributed by atoms with Crippen molar-refractivity contribution in [2.45, 2.75) is 52.5 Å². The Kier molecular flexibility index (Phi) is 5.84. The lowest BCUT2D eigenvalue weighted by atomic mass is 9.84. The van der Waals surface area contributed by atoms with E-state index in [4.69, 9.17) is 37.6 Å². The van der Waals surface area contributed by atoms with E-state index >= 15 is 0 Å². The minimum Gasteiger partial charge on any atom is -0.469 e. The number of nitrogens with zero attached hydrogens (tertiary/aromatic N) is 2. The zero-order chi connectivity index (χ0) is 20.5. The molecule has 0 amide bonds. The number of hydrogen-bond acceptors (Lipinski definition) is 4. The summed E-state index contributed by atoms with van der Waals surface area (Å²) < 4.78 is 5.67. The standard InChI is InChI=1S/C23H25Cl2N3O/c1-4-18-22(15-8-7-14(24)12-17(15)25)26-19(5-2)23(27-18)28-21-13(3)6-9-20-16(21)10-11-29-20/h7-8,10-13,21H,4-6,9H2,1-3H3,(H,27,28). The summed E-state index contributed by atoms with van der Waals surface area (Å²) in [5.74, 6) is 2.41. The highest BCUT2D eigenvalue weighted by atomic mass is 35.5. The monoisotopic (exact) mass is 429 g/mol. The van der Waals surface area contributed by atoms with E-state index < -0.39 is 0 Å². The minimum absolute atomic E-state index is 0.173. The highest BCUT2D eigenvalue weighted by Crippen LogP contribution is 2.38. The molecular weight excluding hydrogens is 405 g/mol. The summed E-state index contributed by atoms with van der Waals surface area (Å²) in [6, 6.07) is 7.76. The van der Waals surface area contributed by atoms with E-state index in [1.807, 2.05) is 12.1 Å². The number of benzene rings is 1. The largest absolute Gasteiger partial charge is 0.469 e. The summed E-state index contributed by atoms with van der Waals surface area (Å²) in [5, 5.41) is 4.88. The molecule has 0 fully saturated rings. The fourth-order valence-electron chi connectivity index (χ4n) is 4.04. The molecule has 2 aromatic heterocycles.